The molecule has 0 unspecified atom stereocenters. The van der Waals surface area contributed by atoms with E-state index < -0.39 is 11.8 Å². The summed E-state index contributed by atoms with van der Waals surface area (Å²) in [5, 5.41) is 16.7. The van der Waals surface area contributed by atoms with E-state index in [9.17, 15) is 14.7 Å². The second-order valence-electron chi connectivity index (χ2n) is 6.34. The first-order valence-electron chi connectivity index (χ1n) is 9.43. The Hall–Kier alpha value is -3.84. The standard InChI is InChI=1S/C23H20ClN3O4/c1-2-31-21-13-15(11-12-20(21)28)14-25-27-23(30)17-8-4-6-10-19(17)26-22(29)16-7-3-5-9-18(16)24/h3-14,28H,2H2,1H3,(H,26,29)(H,27,30)/b25-14+. The van der Waals surface area contributed by atoms with Crippen LogP contribution in [-0.4, -0.2) is 29.7 Å². The third-order valence-electron chi connectivity index (χ3n) is 4.20. The fourth-order valence-corrected chi connectivity index (χ4v) is 2.95. The second kappa shape index (κ2) is 10.3. The second-order valence-corrected chi connectivity index (χ2v) is 6.75. The highest BCUT2D eigenvalue weighted by Gasteiger charge is 2.15. The normalized spacial score (nSPS) is 10.6. The highest BCUT2D eigenvalue weighted by atomic mass is 35.5. The lowest BCUT2D eigenvalue weighted by atomic mass is 10.1. The largest absolute Gasteiger partial charge is 0.504 e. The zero-order valence-corrected chi connectivity index (χ0v) is 17.4. The highest BCUT2D eigenvalue weighted by molar-refractivity contribution is 6.34. The number of nitrogens with zero attached hydrogens (tertiary/aromatic N) is 1. The summed E-state index contributed by atoms with van der Waals surface area (Å²) in [6, 6.07) is 17.9. The molecule has 3 aromatic carbocycles. The van der Waals surface area contributed by atoms with Crippen LogP contribution in [0.4, 0.5) is 5.69 Å². The van der Waals surface area contributed by atoms with Gasteiger partial charge in [0.25, 0.3) is 11.8 Å². The smallest absolute Gasteiger partial charge is 0.273 e. The van der Waals surface area contributed by atoms with Gasteiger partial charge in [0.2, 0.25) is 0 Å². The van der Waals surface area contributed by atoms with Gasteiger partial charge in [0, 0.05) is 0 Å². The number of anilines is 1. The van der Waals surface area contributed by atoms with E-state index in [-0.39, 0.29) is 11.3 Å². The van der Waals surface area contributed by atoms with Crippen molar-refractivity contribution in [3.63, 3.8) is 0 Å². The molecule has 0 atom stereocenters. The number of phenolic OH excluding ortho intramolecular Hbond substituents is 1. The van der Waals surface area contributed by atoms with Crippen molar-refractivity contribution in [3.8, 4) is 11.5 Å². The minimum absolute atomic E-state index is 0.0197. The van der Waals surface area contributed by atoms with Crippen molar-refractivity contribution in [1.29, 1.82) is 0 Å². The molecule has 0 spiro atoms. The van der Waals surface area contributed by atoms with Gasteiger partial charge in [-0.3, -0.25) is 9.59 Å². The van der Waals surface area contributed by atoms with E-state index in [0.29, 0.717) is 34.2 Å². The van der Waals surface area contributed by atoms with E-state index in [2.05, 4.69) is 15.8 Å². The number of nitrogens with one attached hydrogen (secondary N) is 2. The van der Waals surface area contributed by atoms with Crippen molar-refractivity contribution < 1.29 is 19.4 Å². The molecule has 0 aliphatic heterocycles. The van der Waals surface area contributed by atoms with Crippen molar-refractivity contribution in [1.82, 2.24) is 5.43 Å². The zero-order chi connectivity index (χ0) is 22.2. The van der Waals surface area contributed by atoms with Crippen molar-refractivity contribution in [2.24, 2.45) is 5.10 Å². The van der Waals surface area contributed by atoms with Crippen LogP contribution >= 0.6 is 11.6 Å². The molecule has 3 rings (SSSR count). The number of hydrogen-bond acceptors (Lipinski definition) is 5. The molecule has 0 saturated heterocycles. The van der Waals surface area contributed by atoms with E-state index >= 15 is 0 Å². The molecule has 2 amide bonds. The average Bonchev–Trinajstić information content (AvgIpc) is 2.76. The highest BCUT2D eigenvalue weighted by Crippen LogP contribution is 2.26. The third kappa shape index (κ3) is 5.61. The molecule has 0 heterocycles. The Bertz CT molecular complexity index is 1130. The fraction of sp³-hybridized carbons (Fsp3) is 0.0870. The number of halogens is 1. The van der Waals surface area contributed by atoms with Gasteiger partial charge in [-0.1, -0.05) is 35.9 Å². The summed E-state index contributed by atoms with van der Waals surface area (Å²) in [5.41, 5.74) is 3.92. The van der Waals surface area contributed by atoms with E-state index in [4.69, 9.17) is 16.3 Å². The van der Waals surface area contributed by atoms with Crippen molar-refractivity contribution in [2.45, 2.75) is 6.92 Å². The number of hydrazone groups is 1. The first-order chi connectivity index (χ1) is 15.0. The number of ether oxygens (including phenoxy) is 1. The Kier molecular flexibility index (Phi) is 7.24. The number of amides is 2. The SMILES string of the molecule is CCOc1cc(/C=N/NC(=O)c2ccccc2NC(=O)c2ccccc2Cl)ccc1O. The van der Waals surface area contributed by atoms with Crippen LogP contribution in [0.3, 0.4) is 0 Å². The summed E-state index contributed by atoms with van der Waals surface area (Å²) < 4.78 is 5.32. The van der Waals surface area contributed by atoms with Gasteiger partial charge in [0.05, 0.1) is 34.7 Å². The van der Waals surface area contributed by atoms with Crippen LogP contribution in [0.15, 0.2) is 71.8 Å². The Labute approximate surface area is 184 Å². The summed E-state index contributed by atoms with van der Waals surface area (Å²) in [6.07, 6.45) is 1.42. The van der Waals surface area contributed by atoms with Crippen LogP contribution in [0.25, 0.3) is 0 Å². The summed E-state index contributed by atoms with van der Waals surface area (Å²) in [6.45, 7) is 2.21. The van der Waals surface area contributed by atoms with Gasteiger partial charge in [-0.2, -0.15) is 5.10 Å². The topological polar surface area (TPSA) is 100 Å². The van der Waals surface area contributed by atoms with Crippen LogP contribution < -0.4 is 15.5 Å². The lowest BCUT2D eigenvalue weighted by molar-refractivity contribution is 0.0956. The Morgan fingerprint density at radius 2 is 1.74 bits per heavy atom. The molecule has 3 N–H and O–H groups in total. The van der Waals surface area contributed by atoms with Gasteiger partial charge in [-0.25, -0.2) is 5.43 Å². The minimum Gasteiger partial charge on any atom is -0.504 e. The van der Waals surface area contributed by atoms with E-state index in [1.54, 1.807) is 60.7 Å². The molecule has 0 bridgehead atoms. The average molecular weight is 438 g/mol. The molecule has 0 aliphatic rings. The summed E-state index contributed by atoms with van der Waals surface area (Å²) in [5.74, 6) is -0.589. The molecule has 0 aromatic heterocycles. The minimum atomic E-state index is -0.505. The van der Waals surface area contributed by atoms with E-state index in [1.807, 2.05) is 6.92 Å². The third-order valence-corrected chi connectivity index (χ3v) is 4.53. The fourth-order valence-electron chi connectivity index (χ4n) is 2.73. The zero-order valence-electron chi connectivity index (χ0n) is 16.6. The molecule has 31 heavy (non-hydrogen) atoms. The summed E-state index contributed by atoms with van der Waals surface area (Å²) in [7, 11) is 0. The van der Waals surface area contributed by atoms with E-state index in [0.717, 1.165) is 0 Å². The number of benzene rings is 3. The number of hydrogen-bond donors (Lipinski definition) is 3. The van der Waals surface area contributed by atoms with Crippen LogP contribution in [-0.2, 0) is 0 Å². The number of rotatable bonds is 7. The van der Waals surface area contributed by atoms with Crippen molar-refractivity contribution in [3.05, 3.63) is 88.4 Å². The molecule has 0 saturated carbocycles. The van der Waals surface area contributed by atoms with Crippen molar-refractivity contribution in [2.75, 3.05) is 11.9 Å². The lowest BCUT2D eigenvalue weighted by Crippen LogP contribution is -2.21. The number of carbonyl (C=O) groups is 2. The van der Waals surface area contributed by atoms with Crippen LogP contribution in [0.1, 0.15) is 33.2 Å². The molecule has 3 aromatic rings. The molecule has 7 nitrogen and oxygen atoms in total. The first-order valence-corrected chi connectivity index (χ1v) is 9.81. The molecule has 0 fully saturated rings. The maximum Gasteiger partial charge on any atom is 0.273 e. The lowest BCUT2D eigenvalue weighted by Gasteiger charge is -2.10. The monoisotopic (exact) mass is 437 g/mol. The molecule has 0 aliphatic carbocycles. The van der Waals surface area contributed by atoms with Gasteiger partial charge in [-0.05, 0) is 55.0 Å². The Morgan fingerprint density at radius 3 is 2.48 bits per heavy atom. The summed E-state index contributed by atoms with van der Waals surface area (Å²) >= 11 is 6.07. The predicted molar refractivity (Wildman–Crippen MR) is 120 cm³/mol. The van der Waals surface area contributed by atoms with Gasteiger partial charge in [-0.15, -0.1) is 0 Å². The summed E-state index contributed by atoms with van der Waals surface area (Å²) in [4.78, 5) is 25.1. The van der Waals surface area contributed by atoms with Gasteiger partial charge in [0.1, 0.15) is 0 Å². The van der Waals surface area contributed by atoms with Crippen LogP contribution in [0, 0.1) is 0 Å². The molecule has 0 radical (unpaired) electrons. The van der Waals surface area contributed by atoms with E-state index in [1.165, 1.54) is 12.3 Å². The van der Waals surface area contributed by atoms with Gasteiger partial charge < -0.3 is 15.2 Å². The first kappa shape index (κ1) is 21.9. The van der Waals surface area contributed by atoms with Crippen molar-refractivity contribution >= 4 is 35.3 Å². The Balaban J connectivity index is 1.72. The molecule has 158 valence electrons. The number of aromatic hydroxyl groups is 1. The maximum absolute atomic E-state index is 12.6. The number of phenols is 1. The van der Waals surface area contributed by atoms with Gasteiger partial charge in [0.15, 0.2) is 11.5 Å². The molecule has 8 heteroatoms. The van der Waals surface area contributed by atoms with Crippen LogP contribution in [0.5, 0.6) is 11.5 Å². The van der Waals surface area contributed by atoms with Crippen LogP contribution in [0.2, 0.25) is 5.02 Å². The number of para-hydroxylation sites is 1. The quantitative estimate of drug-likeness (QED) is 0.375. The Morgan fingerprint density at radius 1 is 1.03 bits per heavy atom. The molecular formula is C23H20ClN3O4. The van der Waals surface area contributed by atoms with Gasteiger partial charge >= 0.3 is 0 Å². The molecular weight excluding hydrogens is 418 g/mol. The maximum atomic E-state index is 12.6. The number of carbonyl (C=O) groups excluding carboxylic acids is 2. The predicted octanol–water partition coefficient (Wildman–Crippen LogP) is 4.46.